The number of rotatable bonds is 3. The van der Waals surface area contributed by atoms with Crippen molar-refractivity contribution in [2.24, 2.45) is 0 Å². The molecule has 4 nitrogen and oxygen atoms in total. The fourth-order valence-electron chi connectivity index (χ4n) is 1.69. The number of nitrogens with two attached hydrogens (primary N) is 1. The molecule has 0 aliphatic heterocycles. The summed E-state index contributed by atoms with van der Waals surface area (Å²) in [6.45, 7) is 1.46. The summed E-state index contributed by atoms with van der Waals surface area (Å²) in [4.78, 5) is -0.460. The van der Waals surface area contributed by atoms with E-state index < -0.39 is 20.7 Å². The Bertz CT molecular complexity index is 746. The van der Waals surface area contributed by atoms with Crippen LogP contribution < -0.4 is 10.5 Å². The highest BCUT2D eigenvalue weighted by molar-refractivity contribution is 9.10. The minimum Gasteiger partial charge on any atom is -0.399 e. The third kappa shape index (κ3) is 3.10. The van der Waals surface area contributed by atoms with Crippen LogP contribution in [0.3, 0.4) is 0 Å². The van der Waals surface area contributed by atoms with Crippen LogP contribution in [0.2, 0.25) is 0 Å². The molecule has 2 rings (SSSR count). The van der Waals surface area contributed by atoms with E-state index in [4.69, 9.17) is 5.73 Å². The monoisotopic (exact) mass is 358 g/mol. The van der Waals surface area contributed by atoms with Gasteiger partial charge in [-0.05, 0) is 48.9 Å². The Balaban J connectivity index is 2.43. The van der Waals surface area contributed by atoms with Crippen LogP contribution in [-0.4, -0.2) is 8.42 Å². The van der Waals surface area contributed by atoms with Crippen LogP contribution in [0.1, 0.15) is 5.56 Å². The van der Waals surface area contributed by atoms with Gasteiger partial charge in [-0.15, -0.1) is 0 Å². The third-order valence-electron chi connectivity index (χ3n) is 2.63. The van der Waals surface area contributed by atoms with Gasteiger partial charge in [-0.2, -0.15) is 0 Å². The van der Waals surface area contributed by atoms with E-state index in [0.29, 0.717) is 5.69 Å². The summed E-state index contributed by atoms with van der Waals surface area (Å²) in [6, 6.07) is 8.98. The average molecular weight is 359 g/mol. The lowest BCUT2D eigenvalue weighted by Crippen LogP contribution is -2.15. The van der Waals surface area contributed by atoms with E-state index in [-0.39, 0.29) is 11.3 Å². The normalized spacial score (nSPS) is 11.3. The van der Waals surface area contributed by atoms with Crippen LogP contribution >= 0.6 is 15.9 Å². The number of benzene rings is 2. The predicted octanol–water partition coefficient (Wildman–Crippen LogP) is 3.28. The maximum atomic E-state index is 14.0. The van der Waals surface area contributed by atoms with Gasteiger partial charge in [0, 0.05) is 15.8 Å². The number of nitrogens with one attached hydrogen (secondary N) is 1. The summed E-state index contributed by atoms with van der Waals surface area (Å²) >= 11 is 3.25. The molecule has 2 aromatic carbocycles. The SMILES string of the molecule is Cc1cc(N)cc(S(=O)(=O)Nc2ccc(Br)cc2)c1F. The third-order valence-corrected chi connectivity index (χ3v) is 4.54. The second-order valence-corrected chi connectivity index (χ2v) is 6.83. The lowest BCUT2D eigenvalue weighted by atomic mass is 10.2. The topological polar surface area (TPSA) is 72.2 Å². The molecule has 0 aliphatic rings. The van der Waals surface area contributed by atoms with Gasteiger partial charge in [0.05, 0.1) is 0 Å². The van der Waals surface area contributed by atoms with E-state index in [1.54, 1.807) is 24.3 Å². The van der Waals surface area contributed by atoms with Crippen molar-refractivity contribution in [2.45, 2.75) is 11.8 Å². The Morgan fingerprint density at radius 1 is 1.20 bits per heavy atom. The Morgan fingerprint density at radius 2 is 1.80 bits per heavy atom. The largest absolute Gasteiger partial charge is 0.399 e. The van der Waals surface area contributed by atoms with E-state index in [2.05, 4.69) is 20.7 Å². The number of hydrogen-bond donors (Lipinski definition) is 2. The zero-order valence-electron chi connectivity index (χ0n) is 10.5. The molecule has 20 heavy (non-hydrogen) atoms. The van der Waals surface area contributed by atoms with E-state index in [1.165, 1.54) is 13.0 Å². The van der Waals surface area contributed by atoms with Crippen molar-refractivity contribution >= 4 is 37.3 Å². The van der Waals surface area contributed by atoms with Gasteiger partial charge in [-0.3, -0.25) is 4.72 Å². The number of sulfonamides is 1. The first-order chi connectivity index (χ1) is 9.29. The molecule has 0 heterocycles. The minimum atomic E-state index is -4.02. The summed E-state index contributed by atoms with van der Waals surface area (Å²) in [5, 5.41) is 0. The van der Waals surface area contributed by atoms with Crippen molar-refractivity contribution in [1.82, 2.24) is 0 Å². The van der Waals surface area contributed by atoms with E-state index in [1.807, 2.05) is 0 Å². The van der Waals surface area contributed by atoms with Crippen molar-refractivity contribution in [3.8, 4) is 0 Å². The molecule has 0 fully saturated rings. The van der Waals surface area contributed by atoms with Crippen LogP contribution in [0.25, 0.3) is 0 Å². The average Bonchev–Trinajstić information content (AvgIpc) is 2.36. The van der Waals surface area contributed by atoms with Crippen LogP contribution in [0.15, 0.2) is 45.8 Å². The number of aryl methyl sites for hydroxylation is 1. The van der Waals surface area contributed by atoms with Gasteiger partial charge in [0.1, 0.15) is 10.7 Å². The summed E-state index contributed by atoms with van der Waals surface area (Å²) in [5.74, 6) is -0.802. The summed E-state index contributed by atoms with van der Waals surface area (Å²) in [7, 11) is -4.02. The first kappa shape index (κ1) is 14.8. The highest BCUT2D eigenvalue weighted by Crippen LogP contribution is 2.24. The fourth-order valence-corrected chi connectivity index (χ4v) is 3.20. The molecule has 0 spiro atoms. The standard InChI is InChI=1S/C13H12BrFN2O2S/c1-8-6-10(16)7-12(13(8)15)20(18,19)17-11-4-2-9(14)3-5-11/h2-7,17H,16H2,1H3. The molecule has 0 bridgehead atoms. The maximum absolute atomic E-state index is 14.0. The predicted molar refractivity (Wildman–Crippen MR) is 80.5 cm³/mol. The molecule has 3 N–H and O–H groups in total. The highest BCUT2D eigenvalue weighted by Gasteiger charge is 2.21. The van der Waals surface area contributed by atoms with Crippen LogP contribution in [-0.2, 0) is 10.0 Å². The van der Waals surface area contributed by atoms with Crippen molar-refractivity contribution in [2.75, 3.05) is 10.5 Å². The lowest BCUT2D eigenvalue weighted by Gasteiger charge is -2.11. The quantitative estimate of drug-likeness (QED) is 0.827. The second-order valence-electron chi connectivity index (χ2n) is 4.26. The summed E-state index contributed by atoms with van der Waals surface area (Å²) < 4.78 is 41.5. The van der Waals surface area contributed by atoms with Crippen LogP contribution in [0.5, 0.6) is 0 Å². The van der Waals surface area contributed by atoms with Crippen LogP contribution in [0, 0.1) is 12.7 Å². The number of hydrogen-bond acceptors (Lipinski definition) is 3. The lowest BCUT2D eigenvalue weighted by molar-refractivity contribution is 0.565. The van der Waals surface area contributed by atoms with Gasteiger partial charge in [0.2, 0.25) is 0 Å². The van der Waals surface area contributed by atoms with Crippen molar-refractivity contribution in [1.29, 1.82) is 0 Å². The van der Waals surface area contributed by atoms with E-state index in [0.717, 1.165) is 10.5 Å². The Labute approximate surface area is 125 Å². The molecule has 0 atom stereocenters. The number of anilines is 2. The summed E-state index contributed by atoms with van der Waals surface area (Å²) in [5.41, 5.74) is 6.29. The Morgan fingerprint density at radius 3 is 2.40 bits per heavy atom. The molecule has 0 aromatic heterocycles. The molecule has 0 aliphatic carbocycles. The fraction of sp³-hybridized carbons (Fsp3) is 0.0769. The molecule has 0 amide bonds. The molecule has 0 unspecified atom stereocenters. The van der Waals surface area contributed by atoms with Gasteiger partial charge in [-0.1, -0.05) is 15.9 Å². The van der Waals surface area contributed by atoms with Crippen molar-refractivity contribution in [3.63, 3.8) is 0 Å². The van der Waals surface area contributed by atoms with Gasteiger partial charge >= 0.3 is 0 Å². The number of halogens is 2. The zero-order valence-corrected chi connectivity index (χ0v) is 12.9. The first-order valence-electron chi connectivity index (χ1n) is 5.63. The van der Waals surface area contributed by atoms with Crippen LogP contribution in [0.4, 0.5) is 15.8 Å². The van der Waals surface area contributed by atoms with Crippen molar-refractivity contribution < 1.29 is 12.8 Å². The van der Waals surface area contributed by atoms with E-state index >= 15 is 0 Å². The molecular weight excluding hydrogens is 347 g/mol. The van der Waals surface area contributed by atoms with E-state index in [9.17, 15) is 12.8 Å². The van der Waals surface area contributed by atoms with Gasteiger partial charge in [-0.25, -0.2) is 12.8 Å². The second kappa shape index (κ2) is 5.41. The molecular formula is C13H12BrFN2O2S. The van der Waals surface area contributed by atoms with Gasteiger partial charge < -0.3 is 5.73 Å². The van der Waals surface area contributed by atoms with Gasteiger partial charge in [0.25, 0.3) is 10.0 Å². The van der Waals surface area contributed by atoms with Crippen molar-refractivity contribution in [3.05, 3.63) is 52.3 Å². The molecule has 0 saturated carbocycles. The zero-order chi connectivity index (χ0) is 14.9. The maximum Gasteiger partial charge on any atom is 0.264 e. The van der Waals surface area contributed by atoms with Gasteiger partial charge in [0.15, 0.2) is 0 Å². The Hall–Kier alpha value is -1.60. The Kier molecular flexibility index (Phi) is 4.01. The smallest absolute Gasteiger partial charge is 0.264 e. The first-order valence-corrected chi connectivity index (χ1v) is 7.91. The number of nitrogen functional groups attached to an aromatic ring is 1. The molecule has 0 radical (unpaired) electrons. The molecule has 106 valence electrons. The molecule has 7 heteroatoms. The highest BCUT2D eigenvalue weighted by atomic mass is 79.9. The minimum absolute atomic E-state index is 0.182. The molecule has 0 saturated heterocycles. The summed E-state index contributed by atoms with van der Waals surface area (Å²) in [6.07, 6.45) is 0. The molecule has 2 aromatic rings.